The van der Waals surface area contributed by atoms with Crippen LogP contribution in [0.3, 0.4) is 0 Å². The standard InChI is InChI=1S/4C19H15N.C13H11N.5C7H8.5CH4/c1-14-8-7-12-17-16-11-5-6-13-18(16)20(19(14)17)15-9-3-2-4-10-15;1-14-8-7-13-18-19(14)16-11-5-6-12-17(16)20(18)15-9-3-2-4-10-15;1-14-11-12-19-17(13-14)16-9-5-6-10-18(16)20(19)15-7-3-2-4-8-15;1-14-11-12-17-16-9-5-6-10-18(16)20(19(17)13-14)15-7-3-2-4-8-15;1-14-12-8-4-2-6-10(12)11-7-3-5-9-13(11)14;5*1-7-5-3-2-4-6-7;;;;;/h4*2-13H,1H3;2-9H,1H3;5*2-6H,1H3;5*1H4. The number of fused-ring (bicyclic) bond motifs is 15. The highest BCUT2D eigenvalue weighted by Crippen LogP contribution is 2.38. The summed E-state index contributed by atoms with van der Waals surface area (Å²) >= 11 is 0. The minimum absolute atomic E-state index is 0. The Morgan fingerprint density at radius 1 is 0.142 bits per heavy atom. The van der Waals surface area contributed by atoms with Gasteiger partial charge in [-0.3, -0.25) is 0 Å². The highest BCUT2D eigenvalue weighted by molar-refractivity contribution is 6.13. The first-order valence-electron chi connectivity index (χ1n) is 44.5. The fourth-order valence-corrected chi connectivity index (χ4v) is 16.8. The van der Waals surface area contributed by atoms with E-state index in [0.29, 0.717) is 0 Å². The number of aromatic nitrogens is 5. The van der Waals surface area contributed by atoms with Crippen LogP contribution in [0.1, 0.15) is 87.2 Å². The minimum atomic E-state index is 0. The molecule has 0 saturated carbocycles. The molecule has 0 aliphatic heterocycles. The van der Waals surface area contributed by atoms with E-state index < -0.39 is 0 Å². The van der Waals surface area contributed by atoms with Crippen LogP contribution in [0.25, 0.3) is 132 Å². The molecule has 672 valence electrons. The Bertz CT molecular complexity index is 7320. The highest BCUT2D eigenvalue weighted by atomic mass is 15.0. The van der Waals surface area contributed by atoms with E-state index in [-0.39, 0.29) is 37.1 Å². The van der Waals surface area contributed by atoms with E-state index in [1.807, 2.05) is 91.0 Å². The van der Waals surface area contributed by atoms with Crippen molar-refractivity contribution in [2.75, 3.05) is 0 Å². The van der Waals surface area contributed by atoms with Crippen molar-refractivity contribution in [1.82, 2.24) is 22.8 Å². The molecule has 5 aromatic heterocycles. The van der Waals surface area contributed by atoms with Crippen molar-refractivity contribution < 1.29 is 0 Å². The van der Waals surface area contributed by atoms with E-state index in [9.17, 15) is 0 Å². The predicted molar refractivity (Wildman–Crippen MR) is 592 cm³/mol. The van der Waals surface area contributed by atoms with Crippen molar-refractivity contribution in [3.8, 4) is 22.7 Å². The molecule has 0 amide bonds. The molecule has 0 fully saturated rings. The lowest BCUT2D eigenvalue weighted by Gasteiger charge is -2.08. The van der Waals surface area contributed by atoms with Gasteiger partial charge in [-0.1, -0.05) is 453 Å². The normalized spacial score (nSPS) is 10.2. The predicted octanol–water partition coefficient (Wildman–Crippen LogP) is 36.9. The molecule has 0 N–H and O–H groups in total. The van der Waals surface area contributed by atoms with E-state index in [2.05, 4.69) is 493 Å². The van der Waals surface area contributed by atoms with Crippen molar-refractivity contribution in [2.24, 2.45) is 7.05 Å². The fraction of sp³-hybridized carbons (Fsp3) is 0.116. The summed E-state index contributed by atoms with van der Waals surface area (Å²) in [5.41, 5.74) is 29.5. The molecule has 0 spiro atoms. The lowest BCUT2D eigenvalue weighted by atomic mass is 10.1. The van der Waals surface area contributed by atoms with Gasteiger partial charge < -0.3 is 22.8 Å². The molecule has 134 heavy (non-hydrogen) atoms. The first kappa shape index (κ1) is 100. The van der Waals surface area contributed by atoms with Gasteiger partial charge in [-0.25, -0.2) is 0 Å². The van der Waals surface area contributed by atoms with Crippen LogP contribution in [0, 0.1) is 62.3 Å². The summed E-state index contributed by atoms with van der Waals surface area (Å²) in [5, 5.41) is 13.3. The van der Waals surface area contributed by atoms with Crippen LogP contribution < -0.4 is 0 Å². The molecule has 0 atom stereocenters. The highest BCUT2D eigenvalue weighted by Gasteiger charge is 2.17. The van der Waals surface area contributed by atoms with Crippen LogP contribution in [0.4, 0.5) is 0 Å². The van der Waals surface area contributed by atoms with Gasteiger partial charge in [-0.2, -0.15) is 0 Å². The zero-order valence-corrected chi connectivity index (χ0v) is 75.5. The average Bonchev–Trinajstić information content (AvgIpc) is 1.60. The van der Waals surface area contributed by atoms with Gasteiger partial charge in [0.15, 0.2) is 0 Å². The van der Waals surface area contributed by atoms with Crippen LogP contribution in [0.15, 0.2) is 491 Å². The van der Waals surface area contributed by atoms with Crippen LogP contribution in [-0.2, 0) is 7.05 Å². The second-order valence-corrected chi connectivity index (χ2v) is 32.6. The van der Waals surface area contributed by atoms with Crippen molar-refractivity contribution in [2.45, 2.75) is 99.4 Å². The number of nitrogens with zero attached hydrogens (tertiary/aromatic N) is 5. The molecule has 0 aliphatic rings. The van der Waals surface area contributed by atoms with Crippen LogP contribution >= 0.6 is 0 Å². The topological polar surface area (TPSA) is 24.6 Å². The Balaban J connectivity index is 0.000000158. The molecule has 0 radical (unpaired) electrons. The molecule has 5 nitrogen and oxygen atoms in total. The van der Waals surface area contributed by atoms with Crippen LogP contribution in [0.5, 0.6) is 0 Å². The lowest BCUT2D eigenvalue weighted by molar-refractivity contribution is 1.01. The molecular weight excluding hydrogens is 1620 g/mol. The summed E-state index contributed by atoms with van der Waals surface area (Å²) in [6.07, 6.45) is 0. The molecular formula is C129H131N5. The van der Waals surface area contributed by atoms with Gasteiger partial charge in [-0.05, 0) is 188 Å². The SMILES string of the molecule is C.C.C.C.C.Cc1ccc2c(c1)c1ccccc1n2-c1ccccc1.Cc1ccc2c3ccccc3n(-c3ccccc3)c2c1.Cc1cccc2c1c1ccccc1n2-c1ccccc1.Cc1cccc2c3ccccc3n(-c3ccccc3)c12.Cc1ccccc1.Cc1ccccc1.Cc1ccccc1.Cc1ccccc1.Cc1ccccc1.Cn1c2ccccc2c2ccccc21. The number of para-hydroxylation sites is 11. The van der Waals surface area contributed by atoms with Crippen molar-refractivity contribution in [3.05, 3.63) is 541 Å². The molecule has 24 rings (SSSR count). The zero-order valence-electron chi connectivity index (χ0n) is 75.5. The van der Waals surface area contributed by atoms with Gasteiger partial charge in [0, 0.05) is 94.7 Å². The molecule has 0 unspecified atom stereocenters. The van der Waals surface area contributed by atoms with E-state index in [1.54, 1.807) is 0 Å². The summed E-state index contributed by atoms with van der Waals surface area (Å²) in [4.78, 5) is 0. The number of benzene rings is 19. The maximum atomic E-state index is 2.36. The average molecular weight is 1750 g/mol. The molecule has 19 aromatic carbocycles. The zero-order chi connectivity index (χ0) is 89.2. The molecule has 5 heteroatoms. The Labute approximate surface area is 797 Å². The lowest BCUT2D eigenvalue weighted by Crippen LogP contribution is -1.94. The van der Waals surface area contributed by atoms with Gasteiger partial charge >= 0.3 is 0 Å². The van der Waals surface area contributed by atoms with Gasteiger partial charge in [0.1, 0.15) is 0 Å². The Kier molecular flexibility index (Phi) is 36.9. The van der Waals surface area contributed by atoms with Gasteiger partial charge in [0.2, 0.25) is 0 Å². The molecule has 0 aliphatic carbocycles. The summed E-state index contributed by atoms with van der Waals surface area (Å²) in [6.45, 7) is 19.1. The molecule has 0 bridgehead atoms. The third-order valence-corrected chi connectivity index (χ3v) is 23.0. The van der Waals surface area contributed by atoms with Crippen molar-refractivity contribution in [3.63, 3.8) is 0 Å². The molecule has 0 saturated heterocycles. The first-order valence-corrected chi connectivity index (χ1v) is 44.5. The van der Waals surface area contributed by atoms with E-state index in [0.717, 1.165) is 0 Å². The second-order valence-electron chi connectivity index (χ2n) is 32.6. The maximum absolute atomic E-state index is 2.36. The van der Waals surface area contributed by atoms with Crippen LogP contribution in [0.2, 0.25) is 0 Å². The third-order valence-electron chi connectivity index (χ3n) is 23.0. The maximum Gasteiger partial charge on any atom is 0.0570 e. The monoisotopic (exact) mass is 1750 g/mol. The van der Waals surface area contributed by atoms with Gasteiger partial charge in [-0.15, -0.1) is 0 Å². The first-order chi connectivity index (χ1) is 63.3. The Morgan fingerprint density at radius 3 is 0.746 bits per heavy atom. The van der Waals surface area contributed by atoms with E-state index in [4.69, 9.17) is 0 Å². The summed E-state index contributed by atoms with van der Waals surface area (Å²) in [5.74, 6) is 0. The van der Waals surface area contributed by atoms with Crippen molar-refractivity contribution in [1.29, 1.82) is 0 Å². The van der Waals surface area contributed by atoms with Gasteiger partial charge in [0.05, 0.1) is 44.1 Å². The summed E-state index contributed by atoms with van der Waals surface area (Å²) in [7, 11) is 2.12. The largest absolute Gasteiger partial charge is 0.344 e. The number of hydrogen-bond donors (Lipinski definition) is 0. The summed E-state index contributed by atoms with van der Waals surface area (Å²) in [6, 6.07) is 171. The summed E-state index contributed by atoms with van der Waals surface area (Å²) < 4.78 is 11.6. The fourth-order valence-electron chi connectivity index (χ4n) is 16.8. The quantitative estimate of drug-likeness (QED) is 0.168. The van der Waals surface area contributed by atoms with E-state index >= 15 is 0 Å². The van der Waals surface area contributed by atoms with Crippen LogP contribution in [-0.4, -0.2) is 22.8 Å². The second kappa shape index (κ2) is 49.3. The number of hydrogen-bond acceptors (Lipinski definition) is 0. The smallest absolute Gasteiger partial charge is 0.0570 e. The van der Waals surface area contributed by atoms with E-state index in [1.165, 1.54) is 182 Å². The Morgan fingerprint density at radius 2 is 0.373 bits per heavy atom. The molecule has 24 aromatic rings. The Hall–Kier alpha value is -15.8. The molecule has 5 heterocycles. The third kappa shape index (κ3) is 24.2. The number of aryl methyl sites for hydroxylation is 10. The van der Waals surface area contributed by atoms with Crippen molar-refractivity contribution >= 4 is 109 Å². The number of rotatable bonds is 4. The minimum Gasteiger partial charge on any atom is -0.344 e. The van der Waals surface area contributed by atoms with Gasteiger partial charge in [0.25, 0.3) is 0 Å².